The number of hydrogen-bond acceptors (Lipinski definition) is 4. The average Bonchev–Trinajstić information content (AvgIpc) is 2.69. The third-order valence-electron chi connectivity index (χ3n) is 4.66. The van der Waals surface area contributed by atoms with Gasteiger partial charge in [-0.25, -0.2) is 0 Å². The summed E-state index contributed by atoms with van der Waals surface area (Å²) in [6.07, 6.45) is 5.06. The number of piperidine rings is 1. The fourth-order valence-electron chi connectivity index (χ4n) is 3.17. The molecule has 1 saturated heterocycles. The number of pyridine rings is 1. The number of para-hydroxylation sites is 1. The van der Waals surface area contributed by atoms with E-state index < -0.39 is 0 Å². The summed E-state index contributed by atoms with van der Waals surface area (Å²) in [6.45, 7) is 1.30. The average molecular weight is 353 g/mol. The van der Waals surface area contributed by atoms with Gasteiger partial charge in [0.1, 0.15) is 5.75 Å². The molecule has 136 valence electrons. The van der Waals surface area contributed by atoms with Gasteiger partial charge in [-0.2, -0.15) is 0 Å². The lowest BCUT2D eigenvalue weighted by atomic mass is 10.0. The van der Waals surface area contributed by atoms with Crippen LogP contribution in [0.1, 0.15) is 28.8 Å². The zero-order chi connectivity index (χ0) is 18.4. The number of nitrogens with one attached hydrogen (secondary N) is 1. The van der Waals surface area contributed by atoms with E-state index in [1.165, 1.54) is 0 Å². The Balaban J connectivity index is 1.50. The molecule has 2 heterocycles. The molecule has 0 unspecified atom stereocenters. The summed E-state index contributed by atoms with van der Waals surface area (Å²) in [4.78, 5) is 30.5. The molecule has 26 heavy (non-hydrogen) atoms. The van der Waals surface area contributed by atoms with Crippen LogP contribution in [0.5, 0.6) is 5.75 Å². The normalized spacial score (nSPS) is 14.7. The molecular weight excluding hydrogens is 330 g/mol. The van der Waals surface area contributed by atoms with Crippen molar-refractivity contribution in [3.8, 4) is 5.75 Å². The van der Waals surface area contributed by atoms with Crippen molar-refractivity contribution in [3.05, 3.63) is 59.9 Å². The number of hydrogen-bond donors (Lipinski definition) is 1. The summed E-state index contributed by atoms with van der Waals surface area (Å²) in [5.41, 5.74) is 1.50. The highest BCUT2D eigenvalue weighted by Crippen LogP contribution is 2.20. The van der Waals surface area contributed by atoms with Gasteiger partial charge >= 0.3 is 0 Å². The highest BCUT2D eigenvalue weighted by Gasteiger charge is 2.24. The first-order valence-corrected chi connectivity index (χ1v) is 8.78. The van der Waals surface area contributed by atoms with Gasteiger partial charge in [0.15, 0.2) is 0 Å². The van der Waals surface area contributed by atoms with E-state index in [0.29, 0.717) is 25.1 Å². The molecule has 0 bridgehead atoms. The number of methoxy groups -OCH3 is 1. The largest absolute Gasteiger partial charge is 0.496 e. The number of benzene rings is 1. The number of aromatic nitrogens is 1. The Hall–Kier alpha value is -2.89. The Bertz CT molecular complexity index is 756. The molecule has 0 radical (unpaired) electrons. The Morgan fingerprint density at radius 1 is 1.15 bits per heavy atom. The Morgan fingerprint density at radius 2 is 1.85 bits per heavy atom. The number of carbonyl (C=O) groups is 2. The van der Waals surface area contributed by atoms with Crippen LogP contribution in [0.3, 0.4) is 0 Å². The van der Waals surface area contributed by atoms with Gasteiger partial charge < -0.3 is 15.0 Å². The first kappa shape index (κ1) is 17.9. The third kappa shape index (κ3) is 4.39. The topological polar surface area (TPSA) is 71.5 Å². The van der Waals surface area contributed by atoms with Gasteiger partial charge in [-0.05, 0) is 31.0 Å². The molecule has 2 amide bonds. The maximum Gasteiger partial charge on any atom is 0.251 e. The SMILES string of the molecule is COc1ccccc1CC(=O)N1CCC(NC(=O)c2ccncc2)CC1. The van der Waals surface area contributed by atoms with Crippen LogP contribution in [0.25, 0.3) is 0 Å². The lowest BCUT2D eigenvalue weighted by Gasteiger charge is -2.32. The maximum absolute atomic E-state index is 12.6. The van der Waals surface area contributed by atoms with E-state index in [4.69, 9.17) is 4.74 Å². The molecule has 0 aliphatic carbocycles. The fraction of sp³-hybridized carbons (Fsp3) is 0.350. The van der Waals surface area contributed by atoms with Crippen LogP contribution in [-0.4, -0.2) is 47.9 Å². The van der Waals surface area contributed by atoms with Crippen molar-refractivity contribution in [1.82, 2.24) is 15.2 Å². The molecule has 0 atom stereocenters. The van der Waals surface area contributed by atoms with Crippen molar-refractivity contribution >= 4 is 11.8 Å². The lowest BCUT2D eigenvalue weighted by molar-refractivity contribution is -0.131. The molecule has 0 saturated carbocycles. The van der Waals surface area contributed by atoms with Gasteiger partial charge in [0.2, 0.25) is 5.91 Å². The van der Waals surface area contributed by atoms with E-state index in [-0.39, 0.29) is 17.9 Å². The van der Waals surface area contributed by atoms with E-state index in [0.717, 1.165) is 24.2 Å². The van der Waals surface area contributed by atoms with Crippen LogP contribution < -0.4 is 10.1 Å². The number of likely N-dealkylation sites (tertiary alicyclic amines) is 1. The summed E-state index contributed by atoms with van der Waals surface area (Å²) < 4.78 is 5.31. The number of ether oxygens (including phenoxy) is 1. The quantitative estimate of drug-likeness (QED) is 0.893. The van der Waals surface area contributed by atoms with E-state index in [1.54, 1.807) is 31.6 Å². The van der Waals surface area contributed by atoms with E-state index in [2.05, 4.69) is 10.3 Å². The number of amides is 2. The smallest absolute Gasteiger partial charge is 0.251 e. The predicted molar refractivity (Wildman–Crippen MR) is 98.0 cm³/mol. The fourth-order valence-corrected chi connectivity index (χ4v) is 3.17. The summed E-state index contributed by atoms with van der Waals surface area (Å²) in [5, 5.41) is 3.04. The Labute approximate surface area is 153 Å². The summed E-state index contributed by atoms with van der Waals surface area (Å²) in [7, 11) is 1.61. The first-order valence-electron chi connectivity index (χ1n) is 8.78. The molecular formula is C20H23N3O3. The Morgan fingerprint density at radius 3 is 2.54 bits per heavy atom. The molecule has 1 aliphatic rings. The second-order valence-electron chi connectivity index (χ2n) is 6.35. The summed E-state index contributed by atoms with van der Waals surface area (Å²) in [5.74, 6) is 0.736. The van der Waals surface area contributed by atoms with Crippen LogP contribution in [-0.2, 0) is 11.2 Å². The molecule has 1 fully saturated rings. The summed E-state index contributed by atoms with van der Waals surface area (Å²) >= 11 is 0. The molecule has 3 rings (SSSR count). The van der Waals surface area contributed by atoms with Gasteiger partial charge in [-0.3, -0.25) is 14.6 Å². The molecule has 0 spiro atoms. The molecule has 1 aromatic heterocycles. The van der Waals surface area contributed by atoms with Gasteiger partial charge in [0.05, 0.1) is 13.5 Å². The molecule has 2 aromatic rings. The maximum atomic E-state index is 12.6. The van der Waals surface area contributed by atoms with Crippen molar-refractivity contribution < 1.29 is 14.3 Å². The highest BCUT2D eigenvalue weighted by molar-refractivity contribution is 5.94. The van der Waals surface area contributed by atoms with Crippen molar-refractivity contribution in [2.45, 2.75) is 25.3 Å². The van der Waals surface area contributed by atoms with Crippen LogP contribution in [0.15, 0.2) is 48.8 Å². The van der Waals surface area contributed by atoms with Gasteiger partial charge in [0.25, 0.3) is 5.91 Å². The van der Waals surface area contributed by atoms with Gasteiger partial charge in [0, 0.05) is 42.7 Å². The zero-order valence-corrected chi connectivity index (χ0v) is 14.9. The molecule has 6 heteroatoms. The molecule has 1 aliphatic heterocycles. The second kappa shape index (κ2) is 8.47. The first-order chi connectivity index (χ1) is 12.7. The predicted octanol–water partition coefficient (Wildman–Crippen LogP) is 2.05. The van der Waals surface area contributed by atoms with Crippen LogP contribution in [0, 0.1) is 0 Å². The van der Waals surface area contributed by atoms with Crippen LogP contribution in [0.2, 0.25) is 0 Å². The molecule has 1 aromatic carbocycles. The number of rotatable bonds is 5. The van der Waals surface area contributed by atoms with Crippen molar-refractivity contribution in [2.75, 3.05) is 20.2 Å². The van der Waals surface area contributed by atoms with Crippen LogP contribution >= 0.6 is 0 Å². The summed E-state index contributed by atoms with van der Waals surface area (Å²) in [6, 6.07) is 11.1. The lowest BCUT2D eigenvalue weighted by Crippen LogP contribution is -2.47. The van der Waals surface area contributed by atoms with E-state index in [1.807, 2.05) is 29.2 Å². The third-order valence-corrected chi connectivity index (χ3v) is 4.66. The highest BCUT2D eigenvalue weighted by atomic mass is 16.5. The minimum absolute atomic E-state index is 0.0889. The number of carbonyl (C=O) groups excluding carboxylic acids is 2. The minimum atomic E-state index is -0.0915. The second-order valence-corrected chi connectivity index (χ2v) is 6.35. The van der Waals surface area contributed by atoms with Gasteiger partial charge in [-0.1, -0.05) is 18.2 Å². The molecule has 6 nitrogen and oxygen atoms in total. The van der Waals surface area contributed by atoms with Crippen molar-refractivity contribution in [1.29, 1.82) is 0 Å². The van der Waals surface area contributed by atoms with Crippen LogP contribution in [0.4, 0.5) is 0 Å². The van der Waals surface area contributed by atoms with E-state index in [9.17, 15) is 9.59 Å². The van der Waals surface area contributed by atoms with Crippen molar-refractivity contribution in [2.24, 2.45) is 0 Å². The van der Waals surface area contributed by atoms with Crippen molar-refractivity contribution in [3.63, 3.8) is 0 Å². The van der Waals surface area contributed by atoms with Gasteiger partial charge in [-0.15, -0.1) is 0 Å². The molecule has 1 N–H and O–H groups in total. The van der Waals surface area contributed by atoms with E-state index >= 15 is 0 Å². The monoisotopic (exact) mass is 353 g/mol. The minimum Gasteiger partial charge on any atom is -0.496 e. The zero-order valence-electron chi connectivity index (χ0n) is 14.9. The standard InChI is InChI=1S/C20H23N3O3/c1-26-18-5-3-2-4-16(18)14-19(24)23-12-8-17(9-13-23)22-20(25)15-6-10-21-11-7-15/h2-7,10-11,17H,8-9,12-14H2,1H3,(H,22,25). The number of nitrogens with zero attached hydrogens (tertiary/aromatic N) is 2. The Kier molecular flexibility index (Phi) is 5.84.